The van der Waals surface area contributed by atoms with Crippen molar-refractivity contribution in [2.45, 2.75) is 19.8 Å². The molecule has 0 bridgehead atoms. The van der Waals surface area contributed by atoms with Crippen molar-refractivity contribution in [3.63, 3.8) is 0 Å². The van der Waals surface area contributed by atoms with E-state index in [2.05, 4.69) is 12.2 Å². The van der Waals surface area contributed by atoms with Crippen molar-refractivity contribution < 1.29 is 0 Å². The van der Waals surface area contributed by atoms with Crippen LogP contribution in [0.5, 0.6) is 0 Å². The molecule has 0 amide bonds. The summed E-state index contributed by atoms with van der Waals surface area (Å²) < 4.78 is 0. The van der Waals surface area contributed by atoms with Crippen molar-refractivity contribution in [2.75, 3.05) is 13.1 Å². The molecule has 1 saturated carbocycles. The minimum absolute atomic E-state index is 0.933. The Morgan fingerprint density at radius 3 is 2.89 bits per heavy atom. The molecule has 1 aliphatic heterocycles. The smallest absolute Gasteiger partial charge is 0.00176 e. The summed E-state index contributed by atoms with van der Waals surface area (Å²) in [7, 11) is 0. The average Bonchev–Trinajstić information content (AvgIpc) is 2.43. The van der Waals surface area contributed by atoms with Gasteiger partial charge in [-0.05, 0) is 43.7 Å². The van der Waals surface area contributed by atoms with Crippen LogP contribution in [-0.2, 0) is 0 Å². The molecule has 2 aliphatic rings. The molecular formula is C8H15N. The van der Waals surface area contributed by atoms with E-state index in [-0.39, 0.29) is 0 Å². The van der Waals surface area contributed by atoms with Gasteiger partial charge in [-0.3, -0.25) is 0 Å². The van der Waals surface area contributed by atoms with E-state index in [1.807, 2.05) is 0 Å². The Bertz CT molecular complexity index is 111. The molecule has 9 heavy (non-hydrogen) atoms. The highest BCUT2D eigenvalue weighted by atomic mass is 14.9. The summed E-state index contributed by atoms with van der Waals surface area (Å²) in [5.74, 6) is 3.10. The number of nitrogens with one attached hydrogen (secondary N) is 1. The van der Waals surface area contributed by atoms with Crippen LogP contribution in [0.1, 0.15) is 19.8 Å². The zero-order valence-corrected chi connectivity index (χ0v) is 6.06. The monoisotopic (exact) mass is 125 g/mol. The van der Waals surface area contributed by atoms with E-state index >= 15 is 0 Å². The van der Waals surface area contributed by atoms with Crippen molar-refractivity contribution >= 4 is 0 Å². The third-order valence-corrected chi connectivity index (χ3v) is 2.67. The van der Waals surface area contributed by atoms with Crippen LogP contribution in [0.4, 0.5) is 0 Å². The minimum atomic E-state index is 0.933. The molecule has 1 N–H and O–H groups in total. The lowest BCUT2D eigenvalue weighted by molar-refractivity contribution is 0.492. The lowest BCUT2D eigenvalue weighted by atomic mass is 10.1. The normalized spacial score (nSPS) is 49.7. The van der Waals surface area contributed by atoms with Gasteiger partial charge in [-0.1, -0.05) is 6.92 Å². The van der Waals surface area contributed by atoms with Gasteiger partial charge in [0.1, 0.15) is 0 Å². The fourth-order valence-electron chi connectivity index (χ4n) is 1.96. The first kappa shape index (κ1) is 5.72. The molecule has 1 aliphatic carbocycles. The summed E-state index contributed by atoms with van der Waals surface area (Å²) >= 11 is 0. The van der Waals surface area contributed by atoms with Crippen molar-refractivity contribution in [3.05, 3.63) is 0 Å². The Morgan fingerprint density at radius 2 is 2.00 bits per heavy atom. The fourth-order valence-corrected chi connectivity index (χ4v) is 1.96. The second kappa shape index (κ2) is 1.98. The van der Waals surface area contributed by atoms with E-state index in [4.69, 9.17) is 0 Å². The van der Waals surface area contributed by atoms with Crippen LogP contribution in [0.25, 0.3) is 0 Å². The first-order chi connectivity index (χ1) is 4.36. The SMILES string of the molecule is C[C@@H]1CNCC2CC2C1. The van der Waals surface area contributed by atoms with E-state index in [0.29, 0.717) is 0 Å². The molecule has 1 nitrogen and oxygen atoms in total. The summed E-state index contributed by atoms with van der Waals surface area (Å²) in [6.07, 6.45) is 3.00. The largest absolute Gasteiger partial charge is 0.316 e. The van der Waals surface area contributed by atoms with Crippen molar-refractivity contribution in [1.29, 1.82) is 0 Å². The van der Waals surface area contributed by atoms with Crippen LogP contribution in [0, 0.1) is 17.8 Å². The van der Waals surface area contributed by atoms with Gasteiger partial charge in [0.2, 0.25) is 0 Å². The summed E-state index contributed by atoms with van der Waals surface area (Å²) in [6, 6.07) is 0. The van der Waals surface area contributed by atoms with Gasteiger partial charge >= 0.3 is 0 Å². The maximum absolute atomic E-state index is 3.49. The molecule has 1 saturated heterocycles. The third kappa shape index (κ3) is 1.11. The summed E-state index contributed by atoms with van der Waals surface area (Å²) in [5, 5.41) is 3.49. The number of fused-ring (bicyclic) bond motifs is 1. The molecule has 2 fully saturated rings. The fraction of sp³-hybridized carbons (Fsp3) is 1.00. The molecule has 0 spiro atoms. The highest BCUT2D eigenvalue weighted by Gasteiger charge is 2.38. The van der Waals surface area contributed by atoms with Crippen LogP contribution in [-0.4, -0.2) is 13.1 Å². The first-order valence-corrected chi connectivity index (χ1v) is 4.07. The molecule has 1 heteroatoms. The molecule has 2 rings (SSSR count). The second-order valence-corrected chi connectivity index (χ2v) is 3.75. The zero-order chi connectivity index (χ0) is 6.27. The predicted molar refractivity (Wildman–Crippen MR) is 38.2 cm³/mol. The summed E-state index contributed by atoms with van der Waals surface area (Å²) in [4.78, 5) is 0. The predicted octanol–water partition coefficient (Wildman–Crippen LogP) is 1.25. The summed E-state index contributed by atoms with van der Waals surface area (Å²) in [5.41, 5.74) is 0. The number of rotatable bonds is 0. The Labute approximate surface area is 56.8 Å². The van der Waals surface area contributed by atoms with Gasteiger partial charge in [-0.2, -0.15) is 0 Å². The van der Waals surface area contributed by atoms with E-state index < -0.39 is 0 Å². The lowest BCUT2D eigenvalue weighted by Gasteiger charge is -2.06. The van der Waals surface area contributed by atoms with Crippen LogP contribution in [0.2, 0.25) is 0 Å². The molecule has 0 aromatic rings. The van der Waals surface area contributed by atoms with E-state index in [1.54, 1.807) is 0 Å². The molecular weight excluding hydrogens is 110 g/mol. The Hall–Kier alpha value is -0.0400. The van der Waals surface area contributed by atoms with Gasteiger partial charge in [-0.25, -0.2) is 0 Å². The van der Waals surface area contributed by atoms with Gasteiger partial charge in [0.15, 0.2) is 0 Å². The molecule has 52 valence electrons. The molecule has 0 aromatic carbocycles. The molecule has 3 atom stereocenters. The van der Waals surface area contributed by atoms with Crippen LogP contribution < -0.4 is 5.32 Å². The zero-order valence-electron chi connectivity index (χ0n) is 6.06. The average molecular weight is 125 g/mol. The van der Waals surface area contributed by atoms with Gasteiger partial charge in [-0.15, -0.1) is 0 Å². The van der Waals surface area contributed by atoms with Gasteiger partial charge in [0.05, 0.1) is 0 Å². The quantitative estimate of drug-likeness (QED) is 0.514. The highest BCUT2D eigenvalue weighted by molar-refractivity contribution is 4.91. The van der Waals surface area contributed by atoms with Gasteiger partial charge < -0.3 is 5.32 Å². The van der Waals surface area contributed by atoms with Crippen molar-refractivity contribution in [3.8, 4) is 0 Å². The molecule has 0 radical (unpaired) electrons. The Morgan fingerprint density at radius 1 is 1.11 bits per heavy atom. The molecule has 2 unspecified atom stereocenters. The number of hydrogen-bond acceptors (Lipinski definition) is 1. The third-order valence-electron chi connectivity index (χ3n) is 2.67. The van der Waals surface area contributed by atoms with Crippen LogP contribution in [0.15, 0.2) is 0 Å². The minimum Gasteiger partial charge on any atom is -0.316 e. The van der Waals surface area contributed by atoms with Crippen LogP contribution in [0.3, 0.4) is 0 Å². The standard InChI is InChI=1S/C8H15N/c1-6-2-7-3-8(7)5-9-4-6/h6-9H,2-5H2,1H3/t6-,7?,8?/m0/s1. The van der Waals surface area contributed by atoms with E-state index in [0.717, 1.165) is 17.8 Å². The second-order valence-electron chi connectivity index (χ2n) is 3.75. The van der Waals surface area contributed by atoms with Gasteiger partial charge in [0, 0.05) is 0 Å². The maximum Gasteiger partial charge on any atom is -0.00176 e. The Balaban J connectivity index is 1.92. The topological polar surface area (TPSA) is 12.0 Å². The van der Waals surface area contributed by atoms with E-state index in [9.17, 15) is 0 Å². The molecule has 0 aromatic heterocycles. The Kier molecular flexibility index (Phi) is 1.26. The number of hydrogen-bond donors (Lipinski definition) is 1. The highest BCUT2D eigenvalue weighted by Crippen LogP contribution is 2.43. The van der Waals surface area contributed by atoms with Crippen molar-refractivity contribution in [1.82, 2.24) is 5.32 Å². The molecule has 1 heterocycles. The first-order valence-electron chi connectivity index (χ1n) is 4.07. The van der Waals surface area contributed by atoms with Crippen molar-refractivity contribution in [2.24, 2.45) is 17.8 Å². The summed E-state index contributed by atoms with van der Waals surface area (Å²) in [6.45, 7) is 4.91. The lowest BCUT2D eigenvalue weighted by Crippen LogP contribution is -2.20. The van der Waals surface area contributed by atoms with Crippen LogP contribution >= 0.6 is 0 Å². The maximum atomic E-state index is 3.49. The van der Waals surface area contributed by atoms with E-state index in [1.165, 1.54) is 25.9 Å². The van der Waals surface area contributed by atoms with Gasteiger partial charge in [0.25, 0.3) is 0 Å².